The summed E-state index contributed by atoms with van der Waals surface area (Å²) in [6.07, 6.45) is 1.51. The predicted octanol–water partition coefficient (Wildman–Crippen LogP) is 2.72. The average Bonchev–Trinajstić information content (AvgIpc) is 3.14. The zero-order chi connectivity index (χ0) is 25.3. The number of fused-ring (bicyclic) bond motifs is 1. The summed E-state index contributed by atoms with van der Waals surface area (Å²) in [5.41, 5.74) is 0.531. The van der Waals surface area contributed by atoms with Crippen LogP contribution in [0.25, 0.3) is 11.8 Å². The molecule has 3 aromatic rings. The Morgan fingerprint density at radius 2 is 1.80 bits per heavy atom. The quantitative estimate of drug-likeness (QED) is 0.291. The molecule has 0 fully saturated rings. The van der Waals surface area contributed by atoms with Crippen LogP contribution in [0.2, 0.25) is 0 Å². The van der Waals surface area contributed by atoms with Gasteiger partial charge < -0.3 is 4.74 Å². The van der Waals surface area contributed by atoms with E-state index < -0.39 is 27.4 Å². The average molecular weight is 494 g/mol. The van der Waals surface area contributed by atoms with Gasteiger partial charge in [0.15, 0.2) is 4.80 Å². The van der Waals surface area contributed by atoms with E-state index in [9.17, 15) is 29.8 Å². The number of rotatable bonds is 6. The number of carbonyl (C=O) groups excluding carboxylic acids is 1. The minimum Gasteiger partial charge on any atom is -0.463 e. The molecule has 11 nitrogen and oxygen atoms in total. The Labute approximate surface area is 201 Å². The molecule has 1 atom stereocenters. The molecule has 12 heteroatoms. The summed E-state index contributed by atoms with van der Waals surface area (Å²) in [6.45, 7) is 3.32. The van der Waals surface area contributed by atoms with Crippen molar-refractivity contribution in [2.45, 2.75) is 19.9 Å². The fourth-order valence-electron chi connectivity index (χ4n) is 3.75. The summed E-state index contributed by atoms with van der Waals surface area (Å²) in [6, 6.07) is 10.7. The first-order valence-electron chi connectivity index (χ1n) is 10.4. The number of ether oxygens (including phenoxy) is 1. The van der Waals surface area contributed by atoms with E-state index in [1.165, 1.54) is 47.0 Å². The monoisotopic (exact) mass is 494 g/mol. The van der Waals surface area contributed by atoms with E-state index in [1.54, 1.807) is 26.0 Å². The van der Waals surface area contributed by atoms with E-state index in [0.717, 1.165) is 11.3 Å². The van der Waals surface area contributed by atoms with Gasteiger partial charge in [-0.1, -0.05) is 35.6 Å². The van der Waals surface area contributed by atoms with E-state index >= 15 is 0 Å². The van der Waals surface area contributed by atoms with Gasteiger partial charge in [0, 0.05) is 30.0 Å². The Balaban J connectivity index is 1.94. The van der Waals surface area contributed by atoms with Crippen LogP contribution < -0.4 is 14.9 Å². The molecule has 0 saturated heterocycles. The molecule has 0 N–H and O–H groups in total. The highest BCUT2D eigenvalue weighted by atomic mass is 32.1. The van der Waals surface area contributed by atoms with Crippen LogP contribution in [0.1, 0.15) is 31.0 Å². The SMILES string of the molecule is CCOC(=O)C1=C(C)n2c(s/c(=C\c3cccc([N+](=O)[O-])c3)c2=O)=N[C@H]1c1cccc([N+](=O)[O-])c1. The van der Waals surface area contributed by atoms with Crippen molar-refractivity contribution in [1.29, 1.82) is 0 Å². The Hall–Kier alpha value is -4.45. The van der Waals surface area contributed by atoms with Crippen LogP contribution >= 0.6 is 11.3 Å². The van der Waals surface area contributed by atoms with Crippen molar-refractivity contribution in [2.75, 3.05) is 6.61 Å². The van der Waals surface area contributed by atoms with Gasteiger partial charge in [-0.05, 0) is 31.1 Å². The Morgan fingerprint density at radius 1 is 1.14 bits per heavy atom. The number of esters is 1. The molecule has 0 amide bonds. The molecule has 2 aromatic carbocycles. The van der Waals surface area contributed by atoms with Crippen molar-refractivity contribution in [3.05, 3.63) is 105 Å². The van der Waals surface area contributed by atoms with Crippen LogP contribution in [0.15, 0.2) is 63.9 Å². The summed E-state index contributed by atoms with van der Waals surface area (Å²) < 4.78 is 6.74. The van der Waals surface area contributed by atoms with E-state index in [4.69, 9.17) is 4.74 Å². The third-order valence-corrected chi connectivity index (χ3v) is 6.30. The minimum absolute atomic E-state index is 0.0917. The second-order valence-electron chi connectivity index (χ2n) is 7.49. The lowest BCUT2D eigenvalue weighted by Crippen LogP contribution is -2.35. The molecule has 1 aliphatic heterocycles. The normalized spacial score (nSPS) is 15.4. The molecule has 0 radical (unpaired) electrons. The molecule has 0 aliphatic carbocycles. The van der Waals surface area contributed by atoms with Crippen molar-refractivity contribution in [1.82, 2.24) is 4.57 Å². The van der Waals surface area contributed by atoms with Crippen molar-refractivity contribution in [2.24, 2.45) is 4.99 Å². The molecule has 0 spiro atoms. The van der Waals surface area contributed by atoms with Gasteiger partial charge in [-0.3, -0.25) is 29.6 Å². The zero-order valence-corrected chi connectivity index (χ0v) is 19.4. The van der Waals surface area contributed by atoms with Crippen LogP contribution in [0.3, 0.4) is 0 Å². The Bertz CT molecular complexity index is 1590. The lowest BCUT2D eigenvalue weighted by Gasteiger charge is -2.22. The van der Waals surface area contributed by atoms with E-state index in [0.29, 0.717) is 16.8 Å². The zero-order valence-electron chi connectivity index (χ0n) is 18.5. The summed E-state index contributed by atoms with van der Waals surface area (Å²) >= 11 is 1.05. The van der Waals surface area contributed by atoms with Gasteiger partial charge in [-0.15, -0.1) is 0 Å². The number of hydrogen-bond donors (Lipinski definition) is 0. The van der Waals surface area contributed by atoms with Crippen molar-refractivity contribution < 1.29 is 19.4 Å². The molecule has 0 saturated carbocycles. The topological polar surface area (TPSA) is 147 Å². The standard InChI is InChI=1S/C23H18N4O7S/c1-3-34-22(29)19-13(2)25-21(28)18(11-14-6-4-8-16(10-14)26(30)31)35-23(25)24-20(19)15-7-5-9-17(12-15)27(32)33/h4-12,20H,3H2,1-2H3/b18-11-/t20-/m0/s1. The first-order valence-corrected chi connectivity index (χ1v) is 11.2. The van der Waals surface area contributed by atoms with Gasteiger partial charge in [-0.2, -0.15) is 0 Å². The summed E-state index contributed by atoms with van der Waals surface area (Å²) in [5, 5.41) is 22.4. The number of carbonyl (C=O) groups is 1. The lowest BCUT2D eigenvalue weighted by molar-refractivity contribution is -0.385. The van der Waals surface area contributed by atoms with Crippen LogP contribution in [0, 0.1) is 20.2 Å². The number of thiazole rings is 1. The first-order chi connectivity index (χ1) is 16.7. The largest absolute Gasteiger partial charge is 0.463 e. The second-order valence-corrected chi connectivity index (χ2v) is 8.50. The molecule has 178 valence electrons. The molecule has 0 unspecified atom stereocenters. The number of aromatic nitrogens is 1. The number of nitro groups is 2. The van der Waals surface area contributed by atoms with E-state index in [1.807, 2.05) is 0 Å². The third kappa shape index (κ3) is 4.51. The van der Waals surface area contributed by atoms with Crippen molar-refractivity contribution >= 4 is 40.5 Å². The fourth-order valence-corrected chi connectivity index (χ4v) is 4.79. The van der Waals surface area contributed by atoms with Gasteiger partial charge >= 0.3 is 5.97 Å². The fraction of sp³-hybridized carbons (Fsp3) is 0.174. The lowest BCUT2D eigenvalue weighted by atomic mass is 9.96. The number of nitro benzene ring substituents is 2. The molecule has 4 rings (SSSR count). The van der Waals surface area contributed by atoms with Gasteiger partial charge in [0.1, 0.15) is 6.04 Å². The van der Waals surface area contributed by atoms with Crippen LogP contribution in [0.5, 0.6) is 0 Å². The minimum atomic E-state index is -0.919. The number of nitrogens with zero attached hydrogens (tertiary/aromatic N) is 4. The molecular formula is C23H18N4O7S. The Morgan fingerprint density at radius 3 is 2.46 bits per heavy atom. The maximum Gasteiger partial charge on any atom is 0.338 e. The van der Waals surface area contributed by atoms with Gasteiger partial charge in [0.05, 0.1) is 26.6 Å². The number of benzene rings is 2. The summed E-state index contributed by atoms with van der Waals surface area (Å²) in [5.74, 6) is -0.682. The van der Waals surface area contributed by atoms with E-state index in [-0.39, 0.29) is 32.9 Å². The highest BCUT2D eigenvalue weighted by Crippen LogP contribution is 2.33. The van der Waals surface area contributed by atoms with Gasteiger partial charge in [-0.25, -0.2) is 9.79 Å². The molecule has 2 heterocycles. The molecule has 1 aromatic heterocycles. The summed E-state index contributed by atoms with van der Waals surface area (Å²) in [7, 11) is 0. The van der Waals surface area contributed by atoms with Crippen molar-refractivity contribution in [3.63, 3.8) is 0 Å². The molecule has 1 aliphatic rings. The van der Waals surface area contributed by atoms with Gasteiger partial charge in [0.25, 0.3) is 16.9 Å². The van der Waals surface area contributed by atoms with Crippen LogP contribution in [-0.2, 0) is 9.53 Å². The summed E-state index contributed by atoms with van der Waals surface area (Å²) in [4.78, 5) is 52.3. The Kier molecular flexibility index (Phi) is 6.38. The van der Waals surface area contributed by atoms with Crippen LogP contribution in [-0.4, -0.2) is 27.0 Å². The first kappa shape index (κ1) is 23.7. The second kappa shape index (κ2) is 9.43. The van der Waals surface area contributed by atoms with Crippen molar-refractivity contribution in [3.8, 4) is 0 Å². The third-order valence-electron chi connectivity index (χ3n) is 5.32. The molecule has 0 bridgehead atoms. The highest BCUT2D eigenvalue weighted by Gasteiger charge is 2.32. The molecule has 35 heavy (non-hydrogen) atoms. The number of allylic oxidation sites excluding steroid dienone is 1. The number of non-ortho nitro benzene ring substituents is 2. The maximum atomic E-state index is 13.2. The van der Waals surface area contributed by atoms with Crippen LogP contribution in [0.4, 0.5) is 11.4 Å². The maximum absolute atomic E-state index is 13.2. The molecular weight excluding hydrogens is 476 g/mol. The number of hydrogen-bond acceptors (Lipinski definition) is 9. The predicted molar refractivity (Wildman–Crippen MR) is 127 cm³/mol. The smallest absolute Gasteiger partial charge is 0.338 e. The van der Waals surface area contributed by atoms with Gasteiger partial charge in [0.2, 0.25) is 0 Å². The van der Waals surface area contributed by atoms with E-state index in [2.05, 4.69) is 4.99 Å². The highest BCUT2D eigenvalue weighted by molar-refractivity contribution is 7.07.